The normalized spacial score (nSPS) is 12.0. The Balaban J connectivity index is 0.00000169. The zero-order chi connectivity index (χ0) is 10.0. The van der Waals surface area contributed by atoms with Crippen LogP contribution >= 0.6 is 39.7 Å². The van der Waals surface area contributed by atoms with Crippen molar-refractivity contribution in [3.8, 4) is 0 Å². The van der Waals surface area contributed by atoms with Gasteiger partial charge in [-0.1, -0.05) is 5.57 Å². The molecule has 0 spiro atoms. The predicted octanol–water partition coefficient (Wildman–Crippen LogP) is 4.21. The highest BCUT2D eigenvalue weighted by Crippen LogP contribution is 2.32. The van der Waals surface area contributed by atoms with Crippen LogP contribution in [0, 0.1) is 6.92 Å². The molecule has 4 heteroatoms. The average Bonchev–Trinajstić information content (AvgIpc) is 2.31. The molecule has 1 aromatic rings. The minimum atomic E-state index is 0. The first-order valence-corrected chi connectivity index (χ1v) is 5.77. The van der Waals surface area contributed by atoms with Crippen LogP contribution in [0.25, 0.3) is 0 Å². The van der Waals surface area contributed by atoms with Gasteiger partial charge in [-0.2, -0.15) is 0 Å². The molecule has 0 aliphatic carbocycles. The summed E-state index contributed by atoms with van der Waals surface area (Å²) >= 11 is 5.21. The Morgan fingerprint density at radius 3 is 2.64 bits per heavy atom. The third-order valence-electron chi connectivity index (χ3n) is 1.81. The van der Waals surface area contributed by atoms with Crippen molar-refractivity contribution >= 4 is 39.7 Å². The largest absolute Gasteiger partial charge is 0.323 e. The molecule has 1 heterocycles. The predicted molar refractivity (Wildman–Crippen MR) is 70.4 cm³/mol. The van der Waals surface area contributed by atoms with E-state index in [0.29, 0.717) is 0 Å². The van der Waals surface area contributed by atoms with E-state index in [-0.39, 0.29) is 18.4 Å². The fourth-order valence-electron chi connectivity index (χ4n) is 1.14. The zero-order valence-electron chi connectivity index (χ0n) is 8.34. The van der Waals surface area contributed by atoms with Gasteiger partial charge in [-0.3, -0.25) is 0 Å². The maximum atomic E-state index is 6.01. The van der Waals surface area contributed by atoms with Gasteiger partial charge >= 0.3 is 0 Å². The topological polar surface area (TPSA) is 26.0 Å². The van der Waals surface area contributed by atoms with E-state index >= 15 is 0 Å². The van der Waals surface area contributed by atoms with Crippen molar-refractivity contribution in [1.82, 2.24) is 0 Å². The molecule has 1 rings (SSSR count). The van der Waals surface area contributed by atoms with Gasteiger partial charge in [-0.15, -0.1) is 30.3 Å². The molecule has 0 radical (unpaired) electrons. The molecule has 1 atom stereocenters. The van der Waals surface area contributed by atoms with E-state index in [9.17, 15) is 0 Å². The Morgan fingerprint density at radius 2 is 2.29 bits per heavy atom. The van der Waals surface area contributed by atoms with Crippen LogP contribution in [0.4, 0.5) is 0 Å². The lowest BCUT2D eigenvalue weighted by Gasteiger charge is -2.07. The average molecular weight is 297 g/mol. The molecule has 0 aliphatic heterocycles. The van der Waals surface area contributed by atoms with Crippen LogP contribution in [0.5, 0.6) is 0 Å². The Hall–Kier alpha value is 0.170. The first kappa shape index (κ1) is 14.2. The summed E-state index contributed by atoms with van der Waals surface area (Å²) in [5, 5.41) is 0. The second kappa shape index (κ2) is 5.91. The summed E-state index contributed by atoms with van der Waals surface area (Å²) < 4.78 is 1.18. The van der Waals surface area contributed by atoms with E-state index in [2.05, 4.69) is 35.5 Å². The highest BCUT2D eigenvalue weighted by molar-refractivity contribution is 9.11. The van der Waals surface area contributed by atoms with E-state index < -0.39 is 0 Å². The lowest BCUT2D eigenvalue weighted by atomic mass is 10.1. The highest BCUT2D eigenvalue weighted by atomic mass is 79.9. The number of hydrogen-bond acceptors (Lipinski definition) is 2. The van der Waals surface area contributed by atoms with Crippen molar-refractivity contribution in [3.05, 3.63) is 32.4 Å². The minimum absolute atomic E-state index is 0. The zero-order valence-corrected chi connectivity index (χ0v) is 11.6. The molecule has 2 N–H and O–H groups in total. The molecular formula is C10H15BrClNS. The molecule has 1 nitrogen and oxygen atoms in total. The number of thiophene rings is 1. The summed E-state index contributed by atoms with van der Waals surface area (Å²) in [6.07, 6.45) is 0.867. The van der Waals surface area contributed by atoms with E-state index in [0.717, 1.165) is 12.0 Å². The van der Waals surface area contributed by atoms with Crippen LogP contribution in [-0.2, 0) is 0 Å². The monoisotopic (exact) mass is 295 g/mol. The first-order valence-electron chi connectivity index (χ1n) is 4.16. The molecule has 0 saturated carbocycles. The van der Waals surface area contributed by atoms with Crippen LogP contribution in [0.1, 0.15) is 29.8 Å². The van der Waals surface area contributed by atoms with Gasteiger partial charge < -0.3 is 5.73 Å². The summed E-state index contributed by atoms with van der Waals surface area (Å²) in [6.45, 7) is 7.95. The smallest absolute Gasteiger partial charge is 0.0731 e. The third kappa shape index (κ3) is 3.73. The lowest BCUT2D eigenvalue weighted by Crippen LogP contribution is -2.08. The van der Waals surface area contributed by atoms with E-state index in [1.165, 1.54) is 14.2 Å². The van der Waals surface area contributed by atoms with Crippen molar-refractivity contribution < 1.29 is 0 Å². The fraction of sp³-hybridized carbons (Fsp3) is 0.400. The van der Waals surface area contributed by atoms with Crippen LogP contribution in [-0.4, -0.2) is 0 Å². The van der Waals surface area contributed by atoms with Crippen LogP contribution in [0.3, 0.4) is 0 Å². The van der Waals surface area contributed by atoms with Crippen molar-refractivity contribution in [2.24, 2.45) is 5.73 Å². The van der Waals surface area contributed by atoms with Crippen LogP contribution in [0.2, 0.25) is 0 Å². The Morgan fingerprint density at radius 1 is 1.71 bits per heavy atom. The summed E-state index contributed by atoms with van der Waals surface area (Å²) in [5.74, 6) is 0. The summed E-state index contributed by atoms with van der Waals surface area (Å²) in [7, 11) is 0. The highest BCUT2D eigenvalue weighted by Gasteiger charge is 2.10. The molecule has 14 heavy (non-hydrogen) atoms. The molecular weight excluding hydrogens is 282 g/mol. The molecule has 0 bridgehead atoms. The van der Waals surface area contributed by atoms with Crippen molar-refractivity contribution in [3.63, 3.8) is 0 Å². The van der Waals surface area contributed by atoms with Crippen molar-refractivity contribution in [2.75, 3.05) is 0 Å². The molecule has 0 aliphatic rings. The van der Waals surface area contributed by atoms with Gasteiger partial charge in [0, 0.05) is 10.9 Å². The summed E-state index contributed by atoms with van der Waals surface area (Å²) in [6, 6.07) is 2.25. The van der Waals surface area contributed by atoms with E-state index in [4.69, 9.17) is 5.73 Å². The number of nitrogens with two attached hydrogens (primary N) is 1. The maximum absolute atomic E-state index is 6.01. The second-order valence-corrected chi connectivity index (χ2v) is 5.77. The van der Waals surface area contributed by atoms with Gasteiger partial charge in [0.1, 0.15) is 0 Å². The Labute approximate surface area is 104 Å². The second-order valence-electron chi connectivity index (χ2n) is 3.37. The molecule has 0 saturated heterocycles. The number of halogens is 2. The molecule has 0 unspecified atom stereocenters. The first-order chi connectivity index (χ1) is 6.00. The van der Waals surface area contributed by atoms with Crippen LogP contribution < -0.4 is 5.73 Å². The molecule has 0 amide bonds. The van der Waals surface area contributed by atoms with E-state index in [1.54, 1.807) is 11.3 Å². The van der Waals surface area contributed by atoms with Gasteiger partial charge in [0.25, 0.3) is 0 Å². The van der Waals surface area contributed by atoms with Crippen LogP contribution in [0.15, 0.2) is 22.0 Å². The Kier molecular flexibility index (Phi) is 5.98. The van der Waals surface area contributed by atoms with Gasteiger partial charge in [-0.25, -0.2) is 0 Å². The SMILES string of the molecule is C=C(C)C[C@@H](N)c1cc(C)c(Br)s1.Cl. The van der Waals surface area contributed by atoms with Gasteiger partial charge in [-0.05, 0) is 47.8 Å². The minimum Gasteiger partial charge on any atom is -0.323 e. The Bertz CT molecular complexity index is 302. The van der Waals surface area contributed by atoms with E-state index in [1.807, 2.05) is 6.92 Å². The quantitative estimate of drug-likeness (QED) is 0.831. The lowest BCUT2D eigenvalue weighted by molar-refractivity contribution is 0.731. The standard InChI is InChI=1S/C10H14BrNS.ClH/c1-6(2)4-8(12)9-5-7(3)10(11)13-9;/h5,8H,1,4,12H2,2-3H3;1H/t8-;/m1./s1. The van der Waals surface area contributed by atoms with Crippen molar-refractivity contribution in [2.45, 2.75) is 26.3 Å². The third-order valence-corrected chi connectivity index (χ3v) is 4.08. The molecule has 0 aromatic carbocycles. The number of hydrogen-bond donors (Lipinski definition) is 1. The molecule has 80 valence electrons. The molecule has 0 fully saturated rings. The summed E-state index contributed by atoms with van der Waals surface area (Å²) in [4.78, 5) is 1.23. The summed E-state index contributed by atoms with van der Waals surface area (Å²) in [5.41, 5.74) is 8.40. The molecule has 1 aromatic heterocycles. The van der Waals surface area contributed by atoms with Gasteiger partial charge in [0.05, 0.1) is 3.79 Å². The van der Waals surface area contributed by atoms with Crippen molar-refractivity contribution in [1.29, 1.82) is 0 Å². The number of rotatable bonds is 3. The van der Waals surface area contributed by atoms with Gasteiger partial charge in [0.15, 0.2) is 0 Å². The maximum Gasteiger partial charge on any atom is 0.0731 e. The fourth-order valence-corrected chi connectivity index (χ4v) is 2.71. The van der Waals surface area contributed by atoms with Gasteiger partial charge in [0.2, 0.25) is 0 Å². The number of aryl methyl sites for hydroxylation is 1.